The van der Waals surface area contributed by atoms with Crippen LogP contribution in [0.2, 0.25) is 0 Å². The summed E-state index contributed by atoms with van der Waals surface area (Å²) in [6.07, 6.45) is 3.94. The molecule has 0 radical (unpaired) electrons. The summed E-state index contributed by atoms with van der Waals surface area (Å²) in [5, 5.41) is 3.43. The van der Waals surface area contributed by atoms with E-state index in [1.165, 1.54) is 0 Å². The number of carbonyl (C=O) groups excluding carboxylic acids is 2. The highest BCUT2D eigenvalue weighted by atomic mass is 16.5. The number of hydrogen-bond donors (Lipinski definition) is 2. The first-order valence-electron chi connectivity index (χ1n) is 16.6. The number of benzene rings is 3. The smallest absolute Gasteiger partial charge is 0.258 e. The SMILES string of the molecule is COc1cc(C(=O)N(C)c2ccc(C)cc2OCCCCCC(=O)N2CCN(C)CC2)ccc1CNc1ccccc1OCCCN. The Bertz CT molecular complexity index is 1460. The van der Waals surface area contributed by atoms with Crippen molar-refractivity contribution in [1.82, 2.24) is 9.80 Å². The van der Waals surface area contributed by atoms with Gasteiger partial charge in [0.2, 0.25) is 5.91 Å². The van der Waals surface area contributed by atoms with Gasteiger partial charge in [-0.05, 0) is 88.2 Å². The van der Waals surface area contributed by atoms with E-state index < -0.39 is 0 Å². The molecule has 10 nitrogen and oxygen atoms in total. The second kappa shape index (κ2) is 18.2. The Balaban J connectivity index is 1.32. The third-order valence-electron chi connectivity index (χ3n) is 8.43. The molecule has 0 spiro atoms. The molecule has 254 valence electrons. The predicted molar refractivity (Wildman–Crippen MR) is 188 cm³/mol. The van der Waals surface area contributed by atoms with Crippen LogP contribution in [0.3, 0.4) is 0 Å². The second-order valence-electron chi connectivity index (χ2n) is 12.0. The van der Waals surface area contributed by atoms with Crippen LogP contribution in [0.25, 0.3) is 0 Å². The van der Waals surface area contributed by atoms with Gasteiger partial charge in [-0.1, -0.05) is 24.3 Å². The van der Waals surface area contributed by atoms with Crippen molar-refractivity contribution < 1.29 is 23.8 Å². The first-order chi connectivity index (χ1) is 22.8. The number of likely N-dealkylation sites (N-methyl/N-ethyl adjacent to an activating group) is 1. The zero-order valence-electron chi connectivity index (χ0n) is 28.4. The van der Waals surface area contributed by atoms with Crippen LogP contribution in [0.15, 0.2) is 60.7 Å². The highest BCUT2D eigenvalue weighted by Gasteiger charge is 2.20. The van der Waals surface area contributed by atoms with E-state index in [4.69, 9.17) is 19.9 Å². The molecule has 1 saturated heterocycles. The Morgan fingerprint density at radius 3 is 2.38 bits per heavy atom. The van der Waals surface area contributed by atoms with Crippen molar-refractivity contribution in [1.29, 1.82) is 0 Å². The molecule has 0 saturated carbocycles. The lowest BCUT2D eigenvalue weighted by atomic mass is 10.1. The Morgan fingerprint density at radius 2 is 1.62 bits per heavy atom. The number of unbranched alkanes of at least 4 members (excludes halogenated alkanes) is 2. The van der Waals surface area contributed by atoms with Gasteiger partial charge in [0, 0.05) is 57.3 Å². The second-order valence-corrected chi connectivity index (χ2v) is 12.0. The van der Waals surface area contributed by atoms with Crippen molar-refractivity contribution in [3.63, 3.8) is 0 Å². The van der Waals surface area contributed by atoms with E-state index >= 15 is 0 Å². The number of rotatable bonds is 17. The van der Waals surface area contributed by atoms with E-state index in [0.29, 0.717) is 55.5 Å². The van der Waals surface area contributed by atoms with Crippen LogP contribution < -0.4 is 30.2 Å². The van der Waals surface area contributed by atoms with E-state index in [9.17, 15) is 9.59 Å². The lowest BCUT2D eigenvalue weighted by molar-refractivity contribution is -0.132. The Hall–Kier alpha value is -4.28. The number of anilines is 2. The topological polar surface area (TPSA) is 110 Å². The Kier molecular flexibility index (Phi) is 13.7. The molecule has 1 aliphatic heterocycles. The molecule has 3 aromatic carbocycles. The quantitative estimate of drug-likeness (QED) is 0.190. The summed E-state index contributed by atoms with van der Waals surface area (Å²) in [6.45, 7) is 7.64. The van der Waals surface area contributed by atoms with Crippen LogP contribution in [0.5, 0.6) is 17.2 Å². The van der Waals surface area contributed by atoms with E-state index in [1.54, 1.807) is 25.1 Å². The van der Waals surface area contributed by atoms with Crippen molar-refractivity contribution in [2.75, 3.05) is 77.4 Å². The largest absolute Gasteiger partial charge is 0.496 e. The maximum atomic E-state index is 13.7. The minimum atomic E-state index is -0.169. The molecule has 4 rings (SSSR count). The van der Waals surface area contributed by atoms with Gasteiger partial charge >= 0.3 is 0 Å². The van der Waals surface area contributed by atoms with Gasteiger partial charge in [0.15, 0.2) is 0 Å². The van der Waals surface area contributed by atoms with Crippen molar-refractivity contribution in [2.45, 2.75) is 45.6 Å². The molecule has 47 heavy (non-hydrogen) atoms. The number of hydrogen-bond acceptors (Lipinski definition) is 8. The predicted octanol–water partition coefficient (Wildman–Crippen LogP) is 5.33. The fraction of sp³-hybridized carbons (Fsp3) is 0.459. The molecule has 3 N–H and O–H groups in total. The van der Waals surface area contributed by atoms with Crippen LogP contribution in [0.1, 0.15) is 53.6 Å². The number of amides is 2. The number of aryl methyl sites for hydroxylation is 1. The van der Waals surface area contributed by atoms with Gasteiger partial charge in [-0.25, -0.2) is 0 Å². The zero-order chi connectivity index (χ0) is 33.6. The molecule has 3 aromatic rings. The molecule has 0 bridgehead atoms. The summed E-state index contributed by atoms with van der Waals surface area (Å²) < 4.78 is 17.8. The lowest BCUT2D eigenvalue weighted by Crippen LogP contribution is -2.47. The summed E-state index contributed by atoms with van der Waals surface area (Å²) in [7, 11) is 5.45. The number of nitrogens with two attached hydrogens (primary N) is 1. The van der Waals surface area contributed by atoms with Crippen LogP contribution >= 0.6 is 0 Å². The minimum absolute atomic E-state index is 0.169. The number of ether oxygens (including phenoxy) is 3. The van der Waals surface area contributed by atoms with Crippen molar-refractivity contribution in [3.05, 3.63) is 77.4 Å². The third kappa shape index (κ3) is 10.4. The van der Waals surface area contributed by atoms with Gasteiger partial charge in [-0.3, -0.25) is 9.59 Å². The Labute approximate surface area is 279 Å². The van der Waals surface area contributed by atoms with E-state index in [2.05, 4.69) is 17.3 Å². The van der Waals surface area contributed by atoms with E-state index in [-0.39, 0.29) is 11.8 Å². The van der Waals surface area contributed by atoms with Gasteiger partial charge in [0.05, 0.1) is 31.7 Å². The van der Waals surface area contributed by atoms with Gasteiger partial charge in [-0.2, -0.15) is 0 Å². The number of piperazine rings is 1. The molecular formula is C37H51N5O5. The van der Waals surface area contributed by atoms with Crippen LogP contribution in [-0.2, 0) is 11.3 Å². The number of nitrogens with zero attached hydrogens (tertiary/aromatic N) is 3. The summed E-state index contributed by atoms with van der Waals surface area (Å²) in [6, 6.07) is 19.1. The third-order valence-corrected chi connectivity index (χ3v) is 8.43. The van der Waals surface area contributed by atoms with E-state index in [0.717, 1.165) is 74.4 Å². The molecule has 0 atom stereocenters. The van der Waals surface area contributed by atoms with Gasteiger partial charge < -0.3 is 40.0 Å². The summed E-state index contributed by atoms with van der Waals surface area (Å²) in [5.74, 6) is 2.12. The first kappa shape index (κ1) is 35.6. The minimum Gasteiger partial charge on any atom is -0.496 e. The van der Waals surface area contributed by atoms with Crippen molar-refractivity contribution >= 4 is 23.2 Å². The maximum absolute atomic E-state index is 13.7. The maximum Gasteiger partial charge on any atom is 0.258 e. The van der Waals surface area contributed by atoms with Crippen LogP contribution in [-0.4, -0.2) is 88.8 Å². The average molecular weight is 646 g/mol. The molecule has 1 fully saturated rings. The highest BCUT2D eigenvalue weighted by Crippen LogP contribution is 2.32. The highest BCUT2D eigenvalue weighted by molar-refractivity contribution is 6.06. The van der Waals surface area contributed by atoms with Crippen molar-refractivity contribution in [3.8, 4) is 17.2 Å². The monoisotopic (exact) mass is 645 g/mol. The summed E-state index contributed by atoms with van der Waals surface area (Å²) in [4.78, 5) is 32.0. The molecule has 10 heteroatoms. The summed E-state index contributed by atoms with van der Waals surface area (Å²) >= 11 is 0. The molecule has 2 amide bonds. The first-order valence-corrected chi connectivity index (χ1v) is 16.6. The number of nitrogens with one attached hydrogen (secondary N) is 1. The van der Waals surface area contributed by atoms with Crippen LogP contribution in [0.4, 0.5) is 11.4 Å². The van der Waals surface area contributed by atoms with Gasteiger partial charge in [-0.15, -0.1) is 0 Å². The molecule has 1 aliphatic rings. The Morgan fingerprint density at radius 1 is 0.872 bits per heavy atom. The lowest BCUT2D eigenvalue weighted by Gasteiger charge is -2.32. The molecule has 0 unspecified atom stereocenters. The fourth-order valence-corrected chi connectivity index (χ4v) is 5.49. The van der Waals surface area contributed by atoms with Gasteiger partial charge in [0.1, 0.15) is 17.2 Å². The summed E-state index contributed by atoms with van der Waals surface area (Å²) in [5.41, 5.74) is 9.64. The average Bonchev–Trinajstić information content (AvgIpc) is 3.09. The van der Waals surface area contributed by atoms with Gasteiger partial charge in [0.25, 0.3) is 5.91 Å². The molecule has 0 aliphatic carbocycles. The zero-order valence-corrected chi connectivity index (χ0v) is 28.4. The normalized spacial score (nSPS) is 13.3. The molecule has 1 heterocycles. The fourth-order valence-electron chi connectivity index (χ4n) is 5.49. The van der Waals surface area contributed by atoms with Crippen LogP contribution in [0, 0.1) is 6.92 Å². The number of para-hydroxylation sites is 2. The number of methoxy groups -OCH3 is 1. The standard InChI is InChI=1S/C37H51N5O5/c1-28-14-17-32(35(25-28)47-23-9-5-6-13-36(43)42-21-19-40(2)20-22-42)41(3)37(44)29-15-16-30(34(26-29)45-4)27-39-31-11-7-8-12-33(31)46-24-10-18-38/h7-8,11-12,14-17,25-26,39H,5-6,9-10,13,18-24,27,38H2,1-4H3. The molecule has 0 aromatic heterocycles. The number of carbonyl (C=O) groups is 2. The molecular weight excluding hydrogens is 594 g/mol. The van der Waals surface area contributed by atoms with Crippen molar-refractivity contribution in [2.24, 2.45) is 5.73 Å². The van der Waals surface area contributed by atoms with E-state index in [1.807, 2.05) is 66.4 Å².